The zero-order chi connectivity index (χ0) is 17.0. The summed E-state index contributed by atoms with van der Waals surface area (Å²) in [5, 5.41) is 13.4. The van der Waals surface area contributed by atoms with Crippen LogP contribution in [-0.2, 0) is 19.4 Å². The third-order valence-electron chi connectivity index (χ3n) is 3.45. The van der Waals surface area contributed by atoms with Crippen LogP contribution in [0.4, 0.5) is 0 Å². The summed E-state index contributed by atoms with van der Waals surface area (Å²) in [4.78, 5) is 23.3. The summed E-state index contributed by atoms with van der Waals surface area (Å²) in [7, 11) is -3.51. The molecule has 0 aliphatic carbocycles. The third kappa shape index (κ3) is 4.29. The molecule has 0 saturated heterocycles. The highest BCUT2D eigenvalue weighted by molar-refractivity contribution is 7.92. The Morgan fingerprint density at radius 2 is 1.78 bits per heavy atom. The highest BCUT2D eigenvalue weighted by atomic mass is 32.2. The van der Waals surface area contributed by atoms with Crippen LogP contribution >= 0.6 is 0 Å². The largest absolute Gasteiger partial charge is 0.479 e. The van der Waals surface area contributed by atoms with Crippen LogP contribution in [0.15, 0.2) is 42.5 Å². The molecule has 0 saturated carbocycles. The lowest BCUT2D eigenvalue weighted by molar-refractivity contribution is -0.141. The number of amides is 1. The molecule has 0 aliphatic heterocycles. The molecule has 2 aromatic carbocycles. The van der Waals surface area contributed by atoms with Crippen molar-refractivity contribution in [3.8, 4) is 0 Å². The topological polar surface area (TPSA) is 101 Å². The molecule has 2 rings (SSSR count). The van der Waals surface area contributed by atoms with Crippen LogP contribution in [0.3, 0.4) is 0 Å². The maximum Gasteiger partial charge on any atom is 0.330 e. The number of hydrogen-bond acceptors (Lipinski definition) is 4. The molecule has 1 unspecified atom stereocenters. The van der Waals surface area contributed by atoms with Crippen LogP contribution in [-0.4, -0.2) is 36.9 Å². The normalized spacial score (nSPS) is 12.7. The van der Waals surface area contributed by atoms with Gasteiger partial charge in [0, 0.05) is 5.75 Å². The number of carboxylic acids is 1. The number of benzene rings is 2. The van der Waals surface area contributed by atoms with E-state index in [4.69, 9.17) is 0 Å². The number of carboxylic acid groups (broad SMARTS) is 1. The first-order valence-corrected chi connectivity index (χ1v) is 8.86. The molecule has 0 bridgehead atoms. The predicted octanol–water partition coefficient (Wildman–Crippen LogP) is 1.52. The van der Waals surface area contributed by atoms with Crippen molar-refractivity contribution in [2.75, 3.05) is 11.5 Å². The summed E-state index contributed by atoms with van der Waals surface area (Å²) in [6.45, 7) is 1.43. The molecule has 0 spiro atoms. The van der Waals surface area contributed by atoms with E-state index in [9.17, 15) is 23.1 Å². The first kappa shape index (κ1) is 17.0. The van der Waals surface area contributed by atoms with Gasteiger partial charge in [-0.05, 0) is 22.4 Å². The lowest BCUT2D eigenvalue weighted by Crippen LogP contribution is -2.37. The second kappa shape index (κ2) is 6.78. The van der Waals surface area contributed by atoms with E-state index in [2.05, 4.69) is 5.32 Å². The van der Waals surface area contributed by atoms with Crippen LogP contribution in [0.2, 0.25) is 0 Å². The fourth-order valence-electron chi connectivity index (χ4n) is 2.18. The average Bonchev–Trinajstić information content (AvgIpc) is 2.51. The van der Waals surface area contributed by atoms with E-state index in [1.807, 2.05) is 24.3 Å². The predicted molar refractivity (Wildman–Crippen MR) is 86.8 cm³/mol. The number of nitrogens with one attached hydrogen (secondary N) is 1. The minimum absolute atomic E-state index is 0.172. The lowest BCUT2D eigenvalue weighted by Gasteiger charge is -2.15. The van der Waals surface area contributed by atoms with Gasteiger partial charge in [0.2, 0.25) is 5.91 Å². The van der Waals surface area contributed by atoms with Crippen molar-refractivity contribution in [3.05, 3.63) is 48.0 Å². The molecule has 0 fully saturated rings. The first-order valence-electron chi connectivity index (χ1n) is 7.03. The SMILES string of the molecule is CCS(=O)(=O)CC(=O)NC(C(=O)O)c1ccc2ccccc2c1. The van der Waals surface area contributed by atoms with Crippen molar-refractivity contribution < 1.29 is 23.1 Å². The minimum atomic E-state index is -3.51. The van der Waals surface area contributed by atoms with Gasteiger partial charge >= 0.3 is 5.97 Å². The van der Waals surface area contributed by atoms with Gasteiger partial charge in [-0.25, -0.2) is 13.2 Å². The zero-order valence-electron chi connectivity index (χ0n) is 12.5. The van der Waals surface area contributed by atoms with Crippen molar-refractivity contribution in [2.45, 2.75) is 13.0 Å². The fraction of sp³-hybridized carbons (Fsp3) is 0.250. The fourth-order valence-corrected chi connectivity index (χ4v) is 2.87. The Kier molecular flexibility index (Phi) is 5.00. The van der Waals surface area contributed by atoms with Gasteiger partial charge in [0.05, 0.1) is 0 Å². The number of hydrogen-bond donors (Lipinski definition) is 2. The van der Waals surface area contributed by atoms with Crippen molar-refractivity contribution >= 4 is 32.5 Å². The summed E-state index contributed by atoms with van der Waals surface area (Å²) >= 11 is 0. The quantitative estimate of drug-likeness (QED) is 0.833. The van der Waals surface area contributed by atoms with Gasteiger partial charge in [0.15, 0.2) is 15.9 Å². The van der Waals surface area contributed by atoms with E-state index >= 15 is 0 Å². The van der Waals surface area contributed by atoms with Crippen LogP contribution < -0.4 is 5.32 Å². The number of carbonyl (C=O) groups is 2. The molecular weight excluding hydrogens is 318 g/mol. The summed E-state index contributed by atoms with van der Waals surface area (Å²) in [6, 6.07) is 11.2. The molecule has 2 aromatic rings. The molecule has 0 aromatic heterocycles. The maximum absolute atomic E-state index is 11.8. The molecule has 0 aliphatic rings. The average molecular weight is 335 g/mol. The Hall–Kier alpha value is -2.41. The van der Waals surface area contributed by atoms with Crippen LogP contribution in [0, 0.1) is 0 Å². The van der Waals surface area contributed by atoms with E-state index in [1.54, 1.807) is 18.2 Å². The third-order valence-corrected chi connectivity index (χ3v) is 5.03. The van der Waals surface area contributed by atoms with Crippen molar-refractivity contribution in [1.29, 1.82) is 0 Å². The van der Waals surface area contributed by atoms with Crippen LogP contribution in [0.25, 0.3) is 10.8 Å². The summed E-state index contributed by atoms with van der Waals surface area (Å²) in [6.07, 6.45) is 0. The standard InChI is InChI=1S/C16H17NO5S/c1-2-23(21,22)10-14(18)17-15(16(19)20)13-8-7-11-5-3-4-6-12(11)9-13/h3-9,15H,2,10H2,1H3,(H,17,18)(H,19,20). The van der Waals surface area contributed by atoms with E-state index in [1.165, 1.54) is 6.92 Å². The molecule has 1 amide bonds. The lowest BCUT2D eigenvalue weighted by atomic mass is 10.0. The number of carbonyl (C=O) groups excluding carboxylic acids is 1. The second-order valence-electron chi connectivity index (χ2n) is 5.12. The molecule has 23 heavy (non-hydrogen) atoms. The van der Waals surface area contributed by atoms with Crippen LogP contribution in [0.1, 0.15) is 18.5 Å². The van der Waals surface area contributed by atoms with Gasteiger partial charge in [0.1, 0.15) is 5.75 Å². The Morgan fingerprint density at radius 3 is 2.39 bits per heavy atom. The molecule has 2 N–H and O–H groups in total. The molecule has 6 nitrogen and oxygen atoms in total. The Labute approximate surface area is 134 Å². The molecule has 122 valence electrons. The number of fused-ring (bicyclic) bond motifs is 1. The van der Waals surface area contributed by atoms with E-state index in [0.717, 1.165) is 10.8 Å². The first-order chi connectivity index (χ1) is 10.8. The van der Waals surface area contributed by atoms with Gasteiger partial charge in [-0.15, -0.1) is 0 Å². The Bertz CT molecular complexity index is 844. The number of aliphatic carboxylic acids is 1. The van der Waals surface area contributed by atoms with E-state index < -0.39 is 33.5 Å². The monoisotopic (exact) mass is 335 g/mol. The van der Waals surface area contributed by atoms with Crippen molar-refractivity contribution in [3.63, 3.8) is 0 Å². The highest BCUT2D eigenvalue weighted by Gasteiger charge is 2.24. The summed E-state index contributed by atoms with van der Waals surface area (Å²) < 4.78 is 22.9. The molecule has 0 heterocycles. The highest BCUT2D eigenvalue weighted by Crippen LogP contribution is 2.20. The number of sulfone groups is 1. The molecule has 7 heteroatoms. The summed E-state index contributed by atoms with van der Waals surface area (Å²) in [5.74, 6) is -2.97. The maximum atomic E-state index is 11.8. The zero-order valence-corrected chi connectivity index (χ0v) is 13.3. The van der Waals surface area contributed by atoms with Gasteiger partial charge in [-0.3, -0.25) is 4.79 Å². The van der Waals surface area contributed by atoms with Gasteiger partial charge in [0.25, 0.3) is 0 Å². The Balaban J connectivity index is 2.27. The summed E-state index contributed by atoms with van der Waals surface area (Å²) in [5.41, 5.74) is 0.387. The van der Waals surface area contributed by atoms with Crippen LogP contribution in [0.5, 0.6) is 0 Å². The van der Waals surface area contributed by atoms with Crippen molar-refractivity contribution in [2.24, 2.45) is 0 Å². The second-order valence-corrected chi connectivity index (χ2v) is 7.48. The van der Waals surface area contributed by atoms with Gasteiger partial charge in [-0.1, -0.05) is 43.3 Å². The smallest absolute Gasteiger partial charge is 0.330 e. The van der Waals surface area contributed by atoms with Crippen molar-refractivity contribution in [1.82, 2.24) is 5.32 Å². The molecule has 0 radical (unpaired) electrons. The Morgan fingerprint density at radius 1 is 1.13 bits per heavy atom. The van der Waals surface area contributed by atoms with Gasteiger partial charge in [-0.2, -0.15) is 0 Å². The minimum Gasteiger partial charge on any atom is -0.479 e. The molecule has 1 atom stereocenters. The van der Waals surface area contributed by atoms with E-state index in [0.29, 0.717) is 5.56 Å². The molecular formula is C16H17NO5S. The van der Waals surface area contributed by atoms with E-state index in [-0.39, 0.29) is 5.75 Å². The number of rotatable bonds is 6. The van der Waals surface area contributed by atoms with Gasteiger partial charge < -0.3 is 10.4 Å².